The Morgan fingerprint density at radius 1 is 0.935 bits per heavy atom. The zero-order valence-electron chi connectivity index (χ0n) is 18.1. The first-order valence-corrected chi connectivity index (χ1v) is 10.7. The number of nitrogens with one attached hydrogen (secondary N) is 3. The van der Waals surface area contributed by atoms with Crippen molar-refractivity contribution in [3.05, 3.63) is 59.7 Å². The molecular formula is C23H29N3O4S. The maximum absolute atomic E-state index is 12.4. The molecule has 7 nitrogen and oxygen atoms in total. The van der Waals surface area contributed by atoms with Gasteiger partial charge in [0.1, 0.15) is 12.4 Å². The van der Waals surface area contributed by atoms with E-state index in [-0.39, 0.29) is 23.0 Å². The van der Waals surface area contributed by atoms with E-state index in [1.165, 1.54) is 0 Å². The van der Waals surface area contributed by atoms with Crippen LogP contribution in [0.1, 0.15) is 47.9 Å². The van der Waals surface area contributed by atoms with E-state index in [4.69, 9.17) is 21.7 Å². The molecule has 0 heterocycles. The lowest BCUT2D eigenvalue weighted by Gasteiger charge is -2.13. The maximum atomic E-state index is 12.4. The Labute approximate surface area is 188 Å². The molecule has 0 aliphatic carbocycles. The molecule has 31 heavy (non-hydrogen) atoms. The van der Waals surface area contributed by atoms with Crippen molar-refractivity contribution in [1.29, 1.82) is 0 Å². The van der Waals surface area contributed by atoms with Crippen LogP contribution in [0.5, 0.6) is 5.75 Å². The van der Waals surface area contributed by atoms with Gasteiger partial charge in [-0.3, -0.25) is 14.9 Å². The molecule has 0 aromatic heterocycles. The highest BCUT2D eigenvalue weighted by Crippen LogP contribution is 2.13. The topological polar surface area (TPSA) is 88.7 Å². The van der Waals surface area contributed by atoms with Gasteiger partial charge in [-0.05, 0) is 81.0 Å². The second kappa shape index (κ2) is 12.7. The Balaban J connectivity index is 1.83. The van der Waals surface area contributed by atoms with Crippen LogP contribution in [-0.4, -0.2) is 42.8 Å². The van der Waals surface area contributed by atoms with Crippen LogP contribution in [0, 0.1) is 0 Å². The molecule has 0 saturated carbocycles. The summed E-state index contributed by atoms with van der Waals surface area (Å²) in [7, 11) is 0. The molecule has 2 aromatic rings. The van der Waals surface area contributed by atoms with Crippen LogP contribution in [0.3, 0.4) is 0 Å². The second-order valence-electron chi connectivity index (χ2n) is 6.84. The molecule has 3 N–H and O–H groups in total. The van der Waals surface area contributed by atoms with Gasteiger partial charge in [-0.1, -0.05) is 6.92 Å². The summed E-state index contributed by atoms with van der Waals surface area (Å²) in [5.74, 6) is 0.208. The van der Waals surface area contributed by atoms with Crippen LogP contribution >= 0.6 is 12.2 Å². The smallest absolute Gasteiger partial charge is 0.257 e. The van der Waals surface area contributed by atoms with E-state index in [9.17, 15) is 9.59 Å². The van der Waals surface area contributed by atoms with Gasteiger partial charge in [0.2, 0.25) is 0 Å². The van der Waals surface area contributed by atoms with Crippen molar-refractivity contribution in [3.8, 4) is 5.75 Å². The lowest BCUT2D eigenvalue weighted by atomic mass is 10.1. The number of carbonyl (C=O) groups excluding carboxylic acids is 2. The van der Waals surface area contributed by atoms with Gasteiger partial charge < -0.3 is 20.1 Å². The molecule has 8 heteroatoms. The number of rotatable bonds is 10. The maximum Gasteiger partial charge on any atom is 0.257 e. The summed E-state index contributed by atoms with van der Waals surface area (Å²) in [5, 5.41) is 8.66. The fourth-order valence-corrected chi connectivity index (χ4v) is 2.73. The van der Waals surface area contributed by atoms with Gasteiger partial charge in [-0.25, -0.2) is 0 Å². The third kappa shape index (κ3) is 8.35. The monoisotopic (exact) mass is 443 g/mol. The summed E-state index contributed by atoms with van der Waals surface area (Å²) in [5.41, 5.74) is 1.69. The van der Waals surface area contributed by atoms with Gasteiger partial charge in [0.25, 0.3) is 11.8 Å². The number of thiocarbonyl (C=S) groups is 1. The number of ether oxygens (including phenoxy) is 2. The third-order valence-corrected chi connectivity index (χ3v) is 4.64. The molecule has 0 fully saturated rings. The number of amides is 2. The minimum atomic E-state index is -0.331. The molecule has 0 aliphatic heterocycles. The van der Waals surface area contributed by atoms with E-state index in [1.807, 2.05) is 20.8 Å². The molecule has 0 spiro atoms. The molecule has 1 unspecified atom stereocenters. The fourth-order valence-electron chi connectivity index (χ4n) is 2.52. The molecule has 1 atom stereocenters. The summed E-state index contributed by atoms with van der Waals surface area (Å²) in [6.07, 6.45) is 0.864. The Kier molecular flexibility index (Phi) is 9.93. The van der Waals surface area contributed by atoms with Crippen LogP contribution in [0.2, 0.25) is 0 Å². The van der Waals surface area contributed by atoms with Gasteiger partial charge in [-0.15, -0.1) is 0 Å². The van der Waals surface area contributed by atoms with Crippen molar-refractivity contribution in [2.75, 3.05) is 25.1 Å². The predicted molar refractivity (Wildman–Crippen MR) is 126 cm³/mol. The molecule has 0 saturated heterocycles. The van der Waals surface area contributed by atoms with Crippen molar-refractivity contribution in [3.63, 3.8) is 0 Å². The van der Waals surface area contributed by atoms with Gasteiger partial charge in [-0.2, -0.15) is 0 Å². The van der Waals surface area contributed by atoms with Crippen LogP contribution in [-0.2, 0) is 4.74 Å². The number of benzene rings is 2. The first-order valence-electron chi connectivity index (χ1n) is 10.3. The Hall–Kier alpha value is -2.97. The highest BCUT2D eigenvalue weighted by Gasteiger charge is 2.10. The number of hydrogen-bond acceptors (Lipinski definition) is 5. The van der Waals surface area contributed by atoms with Crippen LogP contribution in [0.15, 0.2) is 48.5 Å². The highest BCUT2D eigenvalue weighted by atomic mass is 32.1. The average Bonchev–Trinajstić information content (AvgIpc) is 2.77. The van der Waals surface area contributed by atoms with Gasteiger partial charge in [0.05, 0.1) is 6.61 Å². The molecule has 2 aromatic carbocycles. The normalized spacial score (nSPS) is 11.3. The third-order valence-electron chi connectivity index (χ3n) is 4.44. The highest BCUT2D eigenvalue weighted by molar-refractivity contribution is 7.80. The zero-order valence-corrected chi connectivity index (χ0v) is 18.9. The summed E-state index contributed by atoms with van der Waals surface area (Å²) in [6.45, 7) is 7.51. The number of hydrogen-bond donors (Lipinski definition) is 3. The van der Waals surface area contributed by atoms with Crippen LogP contribution < -0.4 is 20.7 Å². The van der Waals surface area contributed by atoms with Crippen LogP contribution in [0.4, 0.5) is 5.69 Å². The SMILES string of the molecule is CCOCCOc1ccc(C(=O)NC(=S)Nc2ccc(C(=O)NC(C)CC)cc2)cc1. The Morgan fingerprint density at radius 3 is 2.16 bits per heavy atom. The summed E-state index contributed by atoms with van der Waals surface area (Å²) in [6, 6.07) is 13.8. The van der Waals surface area contributed by atoms with Crippen molar-refractivity contribution in [1.82, 2.24) is 10.6 Å². The molecule has 166 valence electrons. The molecule has 0 radical (unpaired) electrons. The summed E-state index contributed by atoms with van der Waals surface area (Å²) < 4.78 is 10.8. The lowest BCUT2D eigenvalue weighted by Crippen LogP contribution is -2.34. The van der Waals surface area contributed by atoms with E-state index in [0.717, 1.165) is 6.42 Å². The quantitative estimate of drug-likeness (QED) is 0.383. The number of anilines is 1. The van der Waals surface area contributed by atoms with Crippen LogP contribution in [0.25, 0.3) is 0 Å². The van der Waals surface area contributed by atoms with Gasteiger partial charge >= 0.3 is 0 Å². The Bertz CT molecular complexity index is 869. The predicted octanol–water partition coefficient (Wildman–Crippen LogP) is 3.76. The molecule has 2 amide bonds. The van der Waals surface area contributed by atoms with Crippen molar-refractivity contribution in [2.24, 2.45) is 0 Å². The van der Waals surface area contributed by atoms with Crippen molar-refractivity contribution < 1.29 is 19.1 Å². The van der Waals surface area contributed by atoms with Crippen molar-refractivity contribution in [2.45, 2.75) is 33.2 Å². The number of carbonyl (C=O) groups is 2. The largest absolute Gasteiger partial charge is 0.491 e. The standard InChI is InChI=1S/C23H29N3O4S/c1-4-16(3)24-21(27)17-6-10-19(11-7-17)25-23(31)26-22(28)18-8-12-20(13-9-18)30-15-14-29-5-2/h6-13,16H,4-5,14-15H2,1-3H3,(H,24,27)(H2,25,26,28,31). The first kappa shape index (κ1) is 24.3. The fraction of sp³-hybridized carbons (Fsp3) is 0.348. The minimum Gasteiger partial charge on any atom is -0.491 e. The van der Waals surface area contributed by atoms with Crippen molar-refractivity contribution >= 4 is 34.8 Å². The summed E-state index contributed by atoms with van der Waals surface area (Å²) >= 11 is 5.22. The first-order chi connectivity index (χ1) is 14.9. The molecular weight excluding hydrogens is 414 g/mol. The van der Waals surface area contributed by atoms with Gasteiger partial charge in [0, 0.05) is 29.5 Å². The summed E-state index contributed by atoms with van der Waals surface area (Å²) in [4.78, 5) is 24.5. The Morgan fingerprint density at radius 2 is 1.55 bits per heavy atom. The van der Waals surface area contributed by atoms with E-state index < -0.39 is 0 Å². The molecule has 0 bridgehead atoms. The second-order valence-corrected chi connectivity index (χ2v) is 7.25. The van der Waals surface area contributed by atoms with E-state index in [1.54, 1.807) is 48.5 Å². The molecule has 0 aliphatic rings. The van der Waals surface area contributed by atoms with Gasteiger partial charge in [0.15, 0.2) is 5.11 Å². The van der Waals surface area contributed by atoms with E-state index in [0.29, 0.717) is 42.4 Å². The minimum absolute atomic E-state index is 0.115. The lowest BCUT2D eigenvalue weighted by molar-refractivity contribution is 0.0937. The average molecular weight is 444 g/mol. The van der Waals surface area contributed by atoms with E-state index >= 15 is 0 Å². The molecule has 2 rings (SSSR count). The van der Waals surface area contributed by atoms with E-state index in [2.05, 4.69) is 16.0 Å². The zero-order chi connectivity index (χ0) is 22.6.